The molecule has 0 heterocycles. The van der Waals surface area contributed by atoms with Crippen LogP contribution in [-0.2, 0) is 14.3 Å². The van der Waals surface area contributed by atoms with Gasteiger partial charge < -0.3 is 14.6 Å². The molecular weight excluding hydrogens is 262 g/mol. The maximum Gasteiger partial charge on any atom is 0.437 e. The van der Waals surface area contributed by atoms with Crippen molar-refractivity contribution in [2.75, 3.05) is 0 Å². The second kappa shape index (κ2) is 4.41. The maximum atomic E-state index is 12.3. The van der Waals surface area contributed by atoms with Gasteiger partial charge in [-0.2, -0.15) is 26.3 Å². The second-order valence-corrected chi connectivity index (χ2v) is 2.96. The Labute approximate surface area is 90.2 Å². The summed E-state index contributed by atoms with van der Waals surface area (Å²) in [4.78, 5) is 20.3. The van der Waals surface area contributed by atoms with Gasteiger partial charge in [-0.05, 0) is 0 Å². The molecule has 0 rings (SSSR count). The summed E-state index contributed by atoms with van der Waals surface area (Å²) in [6.45, 7) is 0.293. The first-order chi connectivity index (χ1) is 7.33. The summed E-state index contributed by atoms with van der Waals surface area (Å²) in [5, 5.41) is 9.99. The van der Waals surface area contributed by atoms with Crippen LogP contribution in [0, 0.1) is 0 Å². The third-order valence-corrected chi connectivity index (χ3v) is 1.63. The predicted molar refractivity (Wildman–Crippen MR) is 36.2 cm³/mol. The zero-order valence-corrected chi connectivity index (χ0v) is 8.11. The third-order valence-electron chi connectivity index (χ3n) is 1.63. The number of halogens is 6. The van der Waals surface area contributed by atoms with Gasteiger partial charge in [0.05, 0.1) is 0 Å². The molecule has 0 amide bonds. The number of ether oxygens (including phenoxy) is 1. The van der Waals surface area contributed by atoms with E-state index in [-0.39, 0.29) is 0 Å². The average Bonchev–Trinajstić information content (AvgIpc) is 1.96. The molecule has 0 aromatic heterocycles. The molecule has 0 atom stereocenters. The fourth-order valence-electron chi connectivity index (χ4n) is 0.962. The standard InChI is InChI=1S/C7H6F6O4/c1-3(14)17-5(2-4(15)16,6(8,9)10)7(11,12)13/h2H2,1H3,(H,15,16)/p-1. The number of carboxylic acids is 1. The van der Waals surface area contributed by atoms with E-state index in [9.17, 15) is 41.0 Å². The summed E-state index contributed by atoms with van der Waals surface area (Å²) in [5.41, 5.74) is -5.09. The molecule has 0 saturated carbocycles. The van der Waals surface area contributed by atoms with Crippen LogP contribution in [-0.4, -0.2) is 29.9 Å². The second-order valence-electron chi connectivity index (χ2n) is 2.96. The Morgan fingerprint density at radius 1 is 1.06 bits per heavy atom. The van der Waals surface area contributed by atoms with Crippen molar-refractivity contribution >= 4 is 11.9 Å². The van der Waals surface area contributed by atoms with E-state index >= 15 is 0 Å². The number of carboxylic acid groups (broad SMARTS) is 1. The molecule has 0 unspecified atom stereocenters. The minimum absolute atomic E-state index is 0.293. The lowest BCUT2D eigenvalue weighted by atomic mass is 9.98. The Balaban J connectivity index is 5.71. The zero-order valence-electron chi connectivity index (χ0n) is 8.11. The molecule has 0 bridgehead atoms. The van der Waals surface area contributed by atoms with Crippen molar-refractivity contribution in [1.82, 2.24) is 0 Å². The van der Waals surface area contributed by atoms with Crippen molar-refractivity contribution in [3.8, 4) is 0 Å². The minimum Gasteiger partial charge on any atom is -0.550 e. The van der Waals surface area contributed by atoms with Crippen LogP contribution in [0.1, 0.15) is 13.3 Å². The molecule has 0 fully saturated rings. The number of rotatable bonds is 3. The largest absolute Gasteiger partial charge is 0.550 e. The molecule has 0 saturated heterocycles. The van der Waals surface area contributed by atoms with Crippen LogP contribution in [0.3, 0.4) is 0 Å². The monoisotopic (exact) mass is 267 g/mol. The van der Waals surface area contributed by atoms with Gasteiger partial charge in [0.15, 0.2) is 0 Å². The van der Waals surface area contributed by atoms with E-state index in [2.05, 4.69) is 4.74 Å². The highest BCUT2D eigenvalue weighted by molar-refractivity contribution is 5.70. The summed E-state index contributed by atoms with van der Waals surface area (Å²) in [6.07, 6.45) is -14.8. The van der Waals surface area contributed by atoms with Gasteiger partial charge in [0.2, 0.25) is 0 Å². The van der Waals surface area contributed by atoms with Gasteiger partial charge >= 0.3 is 23.9 Å². The Morgan fingerprint density at radius 2 is 1.41 bits per heavy atom. The van der Waals surface area contributed by atoms with Crippen LogP contribution < -0.4 is 5.11 Å². The lowest BCUT2D eigenvalue weighted by Gasteiger charge is -2.36. The Morgan fingerprint density at radius 3 is 1.59 bits per heavy atom. The number of aliphatic carboxylic acids is 1. The smallest absolute Gasteiger partial charge is 0.437 e. The average molecular weight is 267 g/mol. The lowest BCUT2D eigenvalue weighted by molar-refractivity contribution is -0.380. The van der Waals surface area contributed by atoms with E-state index in [0.717, 1.165) is 0 Å². The topological polar surface area (TPSA) is 66.4 Å². The van der Waals surface area contributed by atoms with Crippen molar-refractivity contribution in [1.29, 1.82) is 0 Å². The summed E-state index contributed by atoms with van der Waals surface area (Å²) in [6, 6.07) is 0. The maximum absolute atomic E-state index is 12.3. The molecule has 0 aliphatic rings. The van der Waals surface area contributed by atoms with Crippen molar-refractivity contribution in [2.45, 2.75) is 31.3 Å². The van der Waals surface area contributed by atoms with Gasteiger partial charge in [-0.3, -0.25) is 4.79 Å². The van der Waals surface area contributed by atoms with E-state index in [0.29, 0.717) is 6.92 Å². The highest BCUT2D eigenvalue weighted by atomic mass is 19.4. The summed E-state index contributed by atoms with van der Waals surface area (Å²) in [5.74, 6) is -4.57. The van der Waals surface area contributed by atoms with Gasteiger partial charge in [-0.25, -0.2) is 0 Å². The van der Waals surface area contributed by atoms with Gasteiger partial charge in [0.25, 0.3) is 0 Å². The van der Waals surface area contributed by atoms with Crippen LogP contribution in [0.4, 0.5) is 26.3 Å². The number of alkyl halides is 6. The molecule has 10 heteroatoms. The summed E-state index contributed by atoms with van der Waals surface area (Å²) in [7, 11) is 0. The molecule has 0 aliphatic heterocycles. The van der Waals surface area contributed by atoms with Crippen LogP contribution >= 0.6 is 0 Å². The summed E-state index contributed by atoms with van der Waals surface area (Å²) >= 11 is 0. The lowest BCUT2D eigenvalue weighted by Crippen LogP contribution is -2.61. The quantitative estimate of drug-likeness (QED) is 0.553. The first kappa shape index (κ1) is 15.5. The first-order valence-electron chi connectivity index (χ1n) is 3.86. The zero-order chi connectivity index (χ0) is 14.1. The van der Waals surface area contributed by atoms with Crippen LogP contribution in [0.15, 0.2) is 0 Å². The predicted octanol–water partition coefficient (Wildman–Crippen LogP) is 0.553. The minimum atomic E-state index is -6.13. The van der Waals surface area contributed by atoms with E-state index in [1.54, 1.807) is 0 Å². The molecule has 0 aromatic rings. The van der Waals surface area contributed by atoms with Crippen molar-refractivity contribution < 1.29 is 45.8 Å². The van der Waals surface area contributed by atoms with Gasteiger partial charge in [-0.1, -0.05) is 0 Å². The number of carbonyl (C=O) groups is 2. The third kappa shape index (κ3) is 3.24. The Kier molecular flexibility index (Phi) is 4.03. The molecule has 4 nitrogen and oxygen atoms in total. The fourth-order valence-corrected chi connectivity index (χ4v) is 0.962. The van der Waals surface area contributed by atoms with Gasteiger partial charge in [-0.15, -0.1) is 0 Å². The summed E-state index contributed by atoms with van der Waals surface area (Å²) < 4.78 is 77.0. The van der Waals surface area contributed by atoms with Crippen molar-refractivity contribution in [3.05, 3.63) is 0 Å². The van der Waals surface area contributed by atoms with Crippen molar-refractivity contribution in [3.63, 3.8) is 0 Å². The number of hydrogen-bond acceptors (Lipinski definition) is 4. The number of hydrogen-bond donors (Lipinski definition) is 0. The molecule has 0 radical (unpaired) electrons. The molecule has 0 aliphatic carbocycles. The molecule has 0 aromatic carbocycles. The van der Waals surface area contributed by atoms with Gasteiger partial charge in [0.1, 0.15) is 0 Å². The van der Waals surface area contributed by atoms with Crippen LogP contribution in [0.2, 0.25) is 0 Å². The van der Waals surface area contributed by atoms with E-state index in [1.807, 2.05) is 0 Å². The normalized spacial score (nSPS) is 13.4. The highest BCUT2D eigenvalue weighted by Gasteiger charge is 2.73. The first-order valence-corrected chi connectivity index (χ1v) is 3.86. The van der Waals surface area contributed by atoms with E-state index < -0.39 is 36.3 Å². The van der Waals surface area contributed by atoms with E-state index in [1.165, 1.54) is 0 Å². The van der Waals surface area contributed by atoms with E-state index in [4.69, 9.17) is 0 Å². The van der Waals surface area contributed by atoms with Crippen molar-refractivity contribution in [2.24, 2.45) is 0 Å². The molecule has 17 heavy (non-hydrogen) atoms. The van der Waals surface area contributed by atoms with Crippen LogP contribution in [0.25, 0.3) is 0 Å². The highest BCUT2D eigenvalue weighted by Crippen LogP contribution is 2.48. The fraction of sp³-hybridized carbons (Fsp3) is 0.714. The Bertz CT molecular complexity index is 285. The number of esters is 1. The Hall–Kier alpha value is -1.48. The van der Waals surface area contributed by atoms with Crippen LogP contribution in [0.5, 0.6) is 0 Å². The molecule has 100 valence electrons. The molecule has 0 spiro atoms. The van der Waals surface area contributed by atoms with Gasteiger partial charge in [0, 0.05) is 19.3 Å². The SMILES string of the molecule is CC(=O)OC(CC(=O)[O-])(C(F)(F)F)C(F)(F)F. The number of carbonyl (C=O) groups excluding carboxylic acids is 2. The molecular formula is C7H5F6O4-. The molecule has 0 N–H and O–H groups in total.